The summed E-state index contributed by atoms with van der Waals surface area (Å²) in [5.74, 6) is 1.86. The van der Waals surface area contributed by atoms with Gasteiger partial charge in [-0.25, -0.2) is 0 Å². The maximum Gasteiger partial charge on any atom is 0.122 e. The molecule has 4 rings (SSSR count). The molecule has 1 aromatic rings. The molecule has 0 bridgehead atoms. The highest BCUT2D eigenvalue weighted by Gasteiger charge is 2.39. The van der Waals surface area contributed by atoms with Gasteiger partial charge >= 0.3 is 0 Å². The lowest BCUT2D eigenvalue weighted by Gasteiger charge is -2.34. The Morgan fingerprint density at radius 1 is 1.18 bits per heavy atom. The molecule has 2 saturated heterocycles. The van der Waals surface area contributed by atoms with E-state index in [-0.39, 0.29) is 0 Å². The van der Waals surface area contributed by atoms with Crippen LogP contribution in [0.4, 0.5) is 0 Å². The van der Waals surface area contributed by atoms with E-state index < -0.39 is 0 Å². The van der Waals surface area contributed by atoms with E-state index in [9.17, 15) is 0 Å². The number of hydrogen-bond donors (Lipinski definition) is 1. The molecular formula is C19H28N2O. The quantitative estimate of drug-likeness (QED) is 0.909. The predicted molar refractivity (Wildman–Crippen MR) is 89.3 cm³/mol. The second kappa shape index (κ2) is 6.21. The van der Waals surface area contributed by atoms with Gasteiger partial charge in [0.15, 0.2) is 0 Å². The number of nitrogens with one attached hydrogen (secondary N) is 1. The summed E-state index contributed by atoms with van der Waals surface area (Å²) >= 11 is 0. The third-order valence-corrected chi connectivity index (χ3v) is 5.96. The SMILES string of the molecule is c1ccc2c(c1)C[C@H](CN1CCC3(CCNCC3)C1)CCO2. The number of rotatable bonds is 2. The van der Waals surface area contributed by atoms with Crippen LogP contribution in [0.5, 0.6) is 5.75 Å². The molecule has 3 aliphatic heterocycles. The van der Waals surface area contributed by atoms with Crippen molar-refractivity contribution >= 4 is 0 Å². The Bertz CT molecular complexity index is 510. The highest BCUT2D eigenvalue weighted by molar-refractivity contribution is 5.34. The summed E-state index contributed by atoms with van der Waals surface area (Å²) in [5.41, 5.74) is 2.03. The summed E-state index contributed by atoms with van der Waals surface area (Å²) in [7, 11) is 0. The zero-order valence-corrected chi connectivity index (χ0v) is 13.5. The molecule has 0 aliphatic carbocycles. The number of benzene rings is 1. The molecule has 1 N–H and O–H groups in total. The van der Waals surface area contributed by atoms with E-state index in [1.807, 2.05) is 0 Å². The summed E-state index contributed by atoms with van der Waals surface area (Å²) in [6.07, 6.45) is 6.54. The van der Waals surface area contributed by atoms with Gasteiger partial charge in [0, 0.05) is 13.1 Å². The lowest BCUT2D eigenvalue weighted by atomic mass is 9.78. The van der Waals surface area contributed by atoms with Crippen LogP contribution >= 0.6 is 0 Å². The molecule has 3 aliphatic rings. The highest BCUT2D eigenvalue weighted by atomic mass is 16.5. The Morgan fingerprint density at radius 2 is 2.05 bits per heavy atom. The average molecular weight is 300 g/mol. The van der Waals surface area contributed by atoms with E-state index >= 15 is 0 Å². The molecule has 0 unspecified atom stereocenters. The van der Waals surface area contributed by atoms with Crippen molar-refractivity contribution in [1.29, 1.82) is 0 Å². The van der Waals surface area contributed by atoms with Gasteiger partial charge in [-0.3, -0.25) is 0 Å². The number of piperidine rings is 1. The second-order valence-electron chi connectivity index (χ2n) is 7.55. The van der Waals surface area contributed by atoms with Gasteiger partial charge in [-0.05, 0) is 74.7 Å². The molecule has 0 radical (unpaired) electrons. The minimum absolute atomic E-state index is 0.629. The van der Waals surface area contributed by atoms with Crippen LogP contribution in [0.2, 0.25) is 0 Å². The fourth-order valence-corrected chi connectivity index (χ4v) is 4.63. The number of ether oxygens (including phenoxy) is 1. The van der Waals surface area contributed by atoms with Crippen molar-refractivity contribution in [3.8, 4) is 5.75 Å². The number of fused-ring (bicyclic) bond motifs is 1. The third-order valence-electron chi connectivity index (χ3n) is 5.96. The van der Waals surface area contributed by atoms with Gasteiger partial charge in [0.05, 0.1) is 6.61 Å². The fraction of sp³-hybridized carbons (Fsp3) is 0.684. The number of nitrogens with zero attached hydrogens (tertiary/aromatic N) is 1. The Balaban J connectivity index is 1.38. The van der Waals surface area contributed by atoms with Crippen molar-refractivity contribution < 1.29 is 4.74 Å². The van der Waals surface area contributed by atoms with E-state index in [1.165, 1.54) is 70.4 Å². The van der Waals surface area contributed by atoms with Gasteiger partial charge in [-0.1, -0.05) is 18.2 Å². The second-order valence-corrected chi connectivity index (χ2v) is 7.55. The van der Waals surface area contributed by atoms with Gasteiger partial charge in [0.1, 0.15) is 5.75 Å². The van der Waals surface area contributed by atoms with E-state index in [0.717, 1.165) is 18.3 Å². The molecule has 1 aromatic carbocycles. The first-order chi connectivity index (χ1) is 10.8. The molecule has 0 aromatic heterocycles. The van der Waals surface area contributed by atoms with E-state index in [1.54, 1.807) is 0 Å². The van der Waals surface area contributed by atoms with Crippen molar-refractivity contribution in [2.24, 2.45) is 11.3 Å². The maximum atomic E-state index is 5.93. The molecule has 3 nitrogen and oxygen atoms in total. The first kappa shape index (κ1) is 14.5. The van der Waals surface area contributed by atoms with E-state index in [4.69, 9.17) is 4.74 Å². The Kier molecular flexibility index (Phi) is 4.10. The molecule has 120 valence electrons. The summed E-state index contributed by atoms with van der Waals surface area (Å²) in [6.45, 7) is 7.21. The van der Waals surface area contributed by atoms with Crippen LogP contribution in [0.15, 0.2) is 24.3 Å². The first-order valence-corrected chi connectivity index (χ1v) is 8.97. The smallest absolute Gasteiger partial charge is 0.122 e. The molecule has 1 spiro atoms. The minimum atomic E-state index is 0.629. The first-order valence-electron chi connectivity index (χ1n) is 8.97. The number of hydrogen-bond acceptors (Lipinski definition) is 3. The summed E-state index contributed by atoms with van der Waals surface area (Å²) in [4.78, 5) is 2.74. The van der Waals surface area contributed by atoms with Gasteiger partial charge in [-0.2, -0.15) is 0 Å². The number of likely N-dealkylation sites (tertiary alicyclic amines) is 1. The average Bonchev–Trinajstić information content (AvgIpc) is 2.80. The van der Waals surface area contributed by atoms with Crippen LogP contribution in [0, 0.1) is 11.3 Å². The summed E-state index contributed by atoms with van der Waals surface area (Å²) < 4.78 is 5.93. The monoisotopic (exact) mass is 300 g/mol. The fourth-order valence-electron chi connectivity index (χ4n) is 4.63. The molecule has 2 fully saturated rings. The van der Waals surface area contributed by atoms with Gasteiger partial charge < -0.3 is 15.0 Å². The molecule has 0 amide bonds. The van der Waals surface area contributed by atoms with Crippen molar-refractivity contribution in [1.82, 2.24) is 10.2 Å². The van der Waals surface area contributed by atoms with Crippen LogP contribution in [-0.2, 0) is 6.42 Å². The minimum Gasteiger partial charge on any atom is -0.493 e. The zero-order valence-electron chi connectivity index (χ0n) is 13.5. The van der Waals surface area contributed by atoms with Crippen molar-refractivity contribution in [2.45, 2.75) is 32.1 Å². The largest absolute Gasteiger partial charge is 0.493 e. The number of para-hydroxylation sites is 1. The molecule has 0 saturated carbocycles. The lowest BCUT2D eigenvalue weighted by Crippen LogP contribution is -2.39. The Hall–Kier alpha value is -1.06. The van der Waals surface area contributed by atoms with Crippen molar-refractivity contribution in [3.63, 3.8) is 0 Å². The topological polar surface area (TPSA) is 24.5 Å². The van der Waals surface area contributed by atoms with Crippen LogP contribution < -0.4 is 10.1 Å². The van der Waals surface area contributed by atoms with Crippen molar-refractivity contribution in [2.75, 3.05) is 39.3 Å². The summed E-state index contributed by atoms with van der Waals surface area (Å²) in [5, 5.41) is 3.52. The van der Waals surface area contributed by atoms with Crippen LogP contribution in [-0.4, -0.2) is 44.2 Å². The molecule has 3 heterocycles. The molecule has 22 heavy (non-hydrogen) atoms. The zero-order chi connectivity index (χ0) is 14.8. The standard InChI is InChI=1S/C19H28N2O/c1-2-4-18-17(3-1)13-16(5-12-22-18)14-21-11-8-19(15-21)6-9-20-10-7-19/h1-4,16,20H,5-15H2/t16-/m1/s1. The van der Waals surface area contributed by atoms with E-state index in [2.05, 4.69) is 34.5 Å². The lowest BCUT2D eigenvalue weighted by molar-refractivity contribution is 0.179. The van der Waals surface area contributed by atoms with Crippen LogP contribution in [0.1, 0.15) is 31.2 Å². The Morgan fingerprint density at radius 3 is 2.95 bits per heavy atom. The molecule has 1 atom stereocenters. The van der Waals surface area contributed by atoms with Gasteiger partial charge in [0.2, 0.25) is 0 Å². The maximum absolute atomic E-state index is 5.93. The van der Waals surface area contributed by atoms with Gasteiger partial charge in [-0.15, -0.1) is 0 Å². The summed E-state index contributed by atoms with van der Waals surface area (Å²) in [6, 6.07) is 8.59. The third kappa shape index (κ3) is 3.02. The molecule has 3 heteroatoms. The predicted octanol–water partition coefficient (Wildman–Crippen LogP) is 2.70. The Labute approximate surface area is 134 Å². The van der Waals surface area contributed by atoms with Crippen LogP contribution in [0.25, 0.3) is 0 Å². The van der Waals surface area contributed by atoms with Gasteiger partial charge in [0.25, 0.3) is 0 Å². The van der Waals surface area contributed by atoms with Crippen molar-refractivity contribution in [3.05, 3.63) is 29.8 Å². The highest BCUT2D eigenvalue weighted by Crippen LogP contribution is 2.39. The van der Waals surface area contributed by atoms with E-state index in [0.29, 0.717) is 5.41 Å². The normalized spacial score (nSPS) is 28.1. The molecular weight excluding hydrogens is 272 g/mol. The van der Waals surface area contributed by atoms with Crippen LogP contribution in [0.3, 0.4) is 0 Å².